The highest BCUT2D eigenvalue weighted by molar-refractivity contribution is 5.85. The van der Waals surface area contributed by atoms with Crippen LogP contribution in [0.3, 0.4) is 0 Å². The van der Waals surface area contributed by atoms with Crippen molar-refractivity contribution in [3.63, 3.8) is 0 Å². The Labute approximate surface area is 252 Å². The number of fused-ring (bicyclic) bond motifs is 1. The quantitative estimate of drug-likeness (QED) is 0.120. The maximum atomic E-state index is 11.2. The third-order valence-corrected chi connectivity index (χ3v) is 7.89. The zero-order chi connectivity index (χ0) is 30.5. The number of hydrogen-bond acceptors (Lipinski definition) is 5. The zero-order valence-corrected chi connectivity index (χ0v) is 25.7. The van der Waals surface area contributed by atoms with Crippen molar-refractivity contribution >= 4 is 17.2 Å². The second kappa shape index (κ2) is 13.3. The number of methoxy groups -OCH3 is 1. The van der Waals surface area contributed by atoms with E-state index in [1.165, 1.54) is 5.69 Å². The lowest BCUT2D eigenvalue weighted by Gasteiger charge is -2.14. The van der Waals surface area contributed by atoms with E-state index in [2.05, 4.69) is 61.1 Å². The number of hydrogen-bond donors (Lipinski definition) is 1. The number of benzene rings is 3. The minimum Gasteiger partial charge on any atom is -0.449 e. The minimum atomic E-state index is -1.33. The number of aromatic nitrogens is 4. The molecule has 8 heteroatoms. The summed E-state index contributed by atoms with van der Waals surface area (Å²) in [6, 6.07) is 19.8. The Morgan fingerprint density at radius 2 is 1.70 bits per heavy atom. The number of ether oxygens (including phenoxy) is 2. The molecule has 0 atom stereocenters. The maximum absolute atomic E-state index is 11.2. The lowest BCUT2D eigenvalue weighted by Crippen LogP contribution is -2.10. The standard InChI is InChI=1S/C35H40N4O4/c1-6-11-32-37-33-23(4)20-26(34-36-28(7-2)29(8-3)38(34)18-19-42-5)21-30(33)39(32)22-24-14-16-25(17-15-24)27-12-9-10-13-31(27)43-35(40)41/h9-10,12-17,20-21H,6-8,11,18-19,22H2,1-5H3,(H,40,41). The van der Waals surface area contributed by atoms with Gasteiger partial charge in [-0.3, -0.25) is 0 Å². The van der Waals surface area contributed by atoms with Crippen LogP contribution in [0.15, 0.2) is 60.7 Å². The van der Waals surface area contributed by atoms with Gasteiger partial charge in [0.05, 0.1) is 23.3 Å². The van der Waals surface area contributed by atoms with Gasteiger partial charge in [0, 0.05) is 43.4 Å². The summed E-state index contributed by atoms with van der Waals surface area (Å²) in [6.45, 7) is 10.7. The van der Waals surface area contributed by atoms with Crippen LogP contribution in [0.25, 0.3) is 33.5 Å². The van der Waals surface area contributed by atoms with Crippen LogP contribution < -0.4 is 4.74 Å². The molecule has 0 bridgehead atoms. The van der Waals surface area contributed by atoms with Gasteiger partial charge >= 0.3 is 6.16 Å². The molecule has 0 saturated heterocycles. The molecule has 8 nitrogen and oxygen atoms in total. The van der Waals surface area contributed by atoms with Gasteiger partial charge in [-0.25, -0.2) is 14.8 Å². The Morgan fingerprint density at radius 3 is 2.37 bits per heavy atom. The summed E-state index contributed by atoms with van der Waals surface area (Å²) in [5.41, 5.74) is 9.50. The van der Waals surface area contributed by atoms with Crippen LogP contribution in [0.4, 0.5) is 4.79 Å². The highest BCUT2D eigenvalue weighted by Crippen LogP contribution is 2.32. The van der Waals surface area contributed by atoms with Crippen molar-refractivity contribution in [2.75, 3.05) is 13.7 Å². The van der Waals surface area contributed by atoms with Crippen molar-refractivity contribution in [2.45, 2.75) is 66.5 Å². The summed E-state index contributed by atoms with van der Waals surface area (Å²) in [5.74, 6) is 2.36. The third kappa shape index (κ3) is 6.20. The molecule has 2 aromatic heterocycles. The van der Waals surface area contributed by atoms with E-state index < -0.39 is 6.16 Å². The average Bonchev–Trinajstić information content (AvgIpc) is 3.54. The molecule has 2 heterocycles. The van der Waals surface area contributed by atoms with E-state index in [-0.39, 0.29) is 0 Å². The molecule has 5 aromatic rings. The molecular formula is C35H40N4O4. The lowest BCUT2D eigenvalue weighted by molar-refractivity contribution is 0.144. The van der Waals surface area contributed by atoms with E-state index in [4.69, 9.17) is 24.5 Å². The van der Waals surface area contributed by atoms with Gasteiger partial charge in [-0.1, -0.05) is 63.2 Å². The molecular weight excluding hydrogens is 540 g/mol. The Kier molecular flexibility index (Phi) is 9.26. The second-order valence-corrected chi connectivity index (χ2v) is 10.8. The molecule has 224 valence electrons. The number of rotatable bonds is 12. The Bertz CT molecular complexity index is 1730. The molecule has 0 spiro atoms. The Hall–Kier alpha value is -4.43. The fourth-order valence-corrected chi connectivity index (χ4v) is 5.88. The number of aryl methyl sites for hydroxylation is 3. The molecule has 0 radical (unpaired) electrons. The summed E-state index contributed by atoms with van der Waals surface area (Å²) in [6.07, 6.45) is 2.35. The summed E-state index contributed by atoms with van der Waals surface area (Å²) in [5, 5.41) is 9.15. The molecule has 43 heavy (non-hydrogen) atoms. The monoisotopic (exact) mass is 580 g/mol. The molecule has 0 unspecified atom stereocenters. The second-order valence-electron chi connectivity index (χ2n) is 10.8. The maximum Gasteiger partial charge on any atom is 0.511 e. The van der Waals surface area contributed by atoms with E-state index >= 15 is 0 Å². The van der Waals surface area contributed by atoms with E-state index in [0.717, 1.165) is 88.4 Å². The largest absolute Gasteiger partial charge is 0.511 e. The average molecular weight is 581 g/mol. The number of nitrogens with zero attached hydrogens (tertiary/aromatic N) is 4. The predicted octanol–water partition coefficient (Wildman–Crippen LogP) is 7.70. The lowest BCUT2D eigenvalue weighted by atomic mass is 10.0. The van der Waals surface area contributed by atoms with Crippen LogP contribution in [0.2, 0.25) is 0 Å². The van der Waals surface area contributed by atoms with Gasteiger partial charge in [-0.15, -0.1) is 0 Å². The van der Waals surface area contributed by atoms with E-state index in [1.54, 1.807) is 19.2 Å². The first-order valence-corrected chi connectivity index (χ1v) is 15.0. The molecule has 0 amide bonds. The molecule has 0 saturated carbocycles. The Balaban J connectivity index is 1.56. The molecule has 3 aromatic carbocycles. The highest BCUT2D eigenvalue weighted by atomic mass is 16.7. The van der Waals surface area contributed by atoms with Crippen LogP contribution >= 0.6 is 0 Å². The number of carboxylic acid groups (broad SMARTS) is 1. The molecule has 5 rings (SSSR count). The van der Waals surface area contributed by atoms with Crippen molar-refractivity contribution in [1.29, 1.82) is 0 Å². The normalized spacial score (nSPS) is 11.4. The third-order valence-electron chi connectivity index (χ3n) is 7.89. The predicted molar refractivity (Wildman–Crippen MR) is 170 cm³/mol. The number of carbonyl (C=O) groups is 1. The van der Waals surface area contributed by atoms with Crippen molar-refractivity contribution in [2.24, 2.45) is 0 Å². The van der Waals surface area contributed by atoms with Crippen LogP contribution in [-0.2, 0) is 37.1 Å². The van der Waals surface area contributed by atoms with Gasteiger partial charge in [0.1, 0.15) is 17.4 Å². The summed E-state index contributed by atoms with van der Waals surface area (Å²) in [7, 11) is 1.74. The fourth-order valence-electron chi connectivity index (χ4n) is 5.88. The molecule has 0 aliphatic heterocycles. The molecule has 1 N–H and O–H groups in total. The van der Waals surface area contributed by atoms with Gasteiger partial charge in [0.25, 0.3) is 0 Å². The van der Waals surface area contributed by atoms with Crippen molar-refractivity contribution in [1.82, 2.24) is 19.1 Å². The summed E-state index contributed by atoms with van der Waals surface area (Å²) in [4.78, 5) is 21.4. The summed E-state index contributed by atoms with van der Waals surface area (Å²) >= 11 is 0. The smallest absolute Gasteiger partial charge is 0.449 e. The first-order valence-electron chi connectivity index (χ1n) is 15.0. The summed E-state index contributed by atoms with van der Waals surface area (Å²) < 4.78 is 15.1. The molecule has 0 aliphatic rings. The van der Waals surface area contributed by atoms with E-state index in [9.17, 15) is 4.79 Å². The van der Waals surface area contributed by atoms with E-state index in [1.807, 2.05) is 24.3 Å². The van der Waals surface area contributed by atoms with Gasteiger partial charge in [-0.2, -0.15) is 0 Å². The van der Waals surface area contributed by atoms with Crippen LogP contribution in [-0.4, -0.2) is 44.1 Å². The number of imidazole rings is 2. The van der Waals surface area contributed by atoms with Crippen LogP contribution in [0.5, 0.6) is 5.75 Å². The van der Waals surface area contributed by atoms with Crippen molar-refractivity contribution in [3.8, 4) is 28.3 Å². The van der Waals surface area contributed by atoms with Gasteiger partial charge in [0.2, 0.25) is 0 Å². The zero-order valence-electron chi connectivity index (χ0n) is 25.7. The van der Waals surface area contributed by atoms with Gasteiger partial charge in [-0.05, 0) is 61.1 Å². The van der Waals surface area contributed by atoms with Crippen molar-refractivity contribution < 1.29 is 19.4 Å². The fraction of sp³-hybridized carbons (Fsp3) is 0.343. The Morgan fingerprint density at radius 1 is 0.930 bits per heavy atom. The molecule has 0 aliphatic carbocycles. The van der Waals surface area contributed by atoms with Gasteiger partial charge in [0.15, 0.2) is 0 Å². The first-order chi connectivity index (χ1) is 20.9. The molecule has 0 fully saturated rings. The number of para-hydroxylation sites is 1. The highest BCUT2D eigenvalue weighted by Gasteiger charge is 2.20. The van der Waals surface area contributed by atoms with Crippen LogP contribution in [0.1, 0.15) is 55.5 Å². The topological polar surface area (TPSA) is 91.4 Å². The minimum absolute atomic E-state index is 0.318. The first kappa shape index (κ1) is 30.0. The van der Waals surface area contributed by atoms with Crippen LogP contribution in [0, 0.1) is 6.92 Å². The SMILES string of the molecule is CCCc1nc2c(C)cc(-c3nc(CC)c(CC)n3CCOC)cc2n1Cc1ccc(-c2ccccc2OC(=O)O)cc1. The van der Waals surface area contributed by atoms with E-state index in [0.29, 0.717) is 18.9 Å². The van der Waals surface area contributed by atoms with Gasteiger partial charge < -0.3 is 23.7 Å². The van der Waals surface area contributed by atoms with Crippen molar-refractivity contribution in [3.05, 3.63) is 89.0 Å².